The molecule has 0 bridgehead atoms. The van der Waals surface area contributed by atoms with Gasteiger partial charge >= 0.3 is 5.97 Å². The number of carbonyl (C=O) groups is 2. The van der Waals surface area contributed by atoms with Gasteiger partial charge in [-0.25, -0.2) is 4.79 Å². The largest absolute Gasteiger partial charge is 0.480 e. The maximum absolute atomic E-state index is 11.6. The molecule has 2 N–H and O–H groups in total. The zero-order chi connectivity index (χ0) is 12.7. The molecule has 0 saturated heterocycles. The number of hydrogen-bond donors (Lipinski definition) is 2. The minimum atomic E-state index is -0.988. The quantitative estimate of drug-likeness (QED) is 0.693. The molecule has 0 fully saturated rings. The molecule has 1 rings (SSSR count). The van der Waals surface area contributed by atoms with Crippen LogP contribution in [0.25, 0.3) is 0 Å². The minimum absolute atomic E-state index is 0.182. The molecule has 2 atom stereocenters. The van der Waals surface area contributed by atoms with Gasteiger partial charge in [0.1, 0.15) is 6.04 Å². The van der Waals surface area contributed by atoms with Crippen LogP contribution in [-0.2, 0) is 9.59 Å². The highest BCUT2D eigenvalue weighted by atomic mass is 16.4. The van der Waals surface area contributed by atoms with E-state index in [1.807, 2.05) is 13.0 Å². The molecule has 0 spiro atoms. The Kier molecular flexibility index (Phi) is 5.46. The molecule has 0 aromatic heterocycles. The molecule has 17 heavy (non-hydrogen) atoms. The summed E-state index contributed by atoms with van der Waals surface area (Å²) in [6, 6.07) is -0.816. The lowest BCUT2D eigenvalue weighted by Gasteiger charge is -2.14. The molecule has 0 aromatic rings. The first-order chi connectivity index (χ1) is 8.13. The van der Waals surface area contributed by atoms with E-state index in [1.165, 1.54) is 0 Å². The van der Waals surface area contributed by atoms with Crippen molar-refractivity contribution in [2.75, 3.05) is 0 Å². The third-order valence-corrected chi connectivity index (χ3v) is 2.80. The van der Waals surface area contributed by atoms with Crippen molar-refractivity contribution in [3.8, 4) is 0 Å². The van der Waals surface area contributed by atoms with Crippen molar-refractivity contribution in [2.45, 2.75) is 38.6 Å². The molecule has 0 radical (unpaired) electrons. The van der Waals surface area contributed by atoms with Crippen LogP contribution < -0.4 is 5.32 Å². The molecule has 4 nitrogen and oxygen atoms in total. The summed E-state index contributed by atoms with van der Waals surface area (Å²) >= 11 is 0. The van der Waals surface area contributed by atoms with E-state index < -0.39 is 12.0 Å². The summed E-state index contributed by atoms with van der Waals surface area (Å²) in [5, 5.41) is 11.5. The number of carbonyl (C=O) groups excluding carboxylic acids is 1. The summed E-state index contributed by atoms with van der Waals surface area (Å²) in [4.78, 5) is 22.6. The predicted octanol–water partition coefficient (Wildman–Crippen LogP) is 1.88. The van der Waals surface area contributed by atoms with Gasteiger partial charge in [0.05, 0.1) is 0 Å². The number of hydrogen-bond acceptors (Lipinski definition) is 2. The third-order valence-electron chi connectivity index (χ3n) is 2.80. The molecule has 4 heteroatoms. The molecule has 1 aliphatic carbocycles. The second kappa shape index (κ2) is 6.89. The smallest absolute Gasteiger partial charge is 0.326 e. The highest BCUT2D eigenvalue weighted by molar-refractivity contribution is 5.83. The van der Waals surface area contributed by atoms with E-state index in [4.69, 9.17) is 5.11 Å². The Bertz CT molecular complexity index is 334. The lowest BCUT2D eigenvalue weighted by Crippen LogP contribution is -2.40. The van der Waals surface area contributed by atoms with Crippen LogP contribution in [0.3, 0.4) is 0 Å². The van der Waals surface area contributed by atoms with Crippen LogP contribution in [0.5, 0.6) is 0 Å². The van der Waals surface area contributed by atoms with Crippen molar-refractivity contribution in [1.82, 2.24) is 5.32 Å². The summed E-state index contributed by atoms with van der Waals surface area (Å²) in [5.41, 5.74) is 0. The highest BCUT2D eigenvalue weighted by Crippen LogP contribution is 2.20. The monoisotopic (exact) mass is 237 g/mol. The van der Waals surface area contributed by atoms with Crippen LogP contribution in [-0.4, -0.2) is 23.0 Å². The van der Waals surface area contributed by atoms with Crippen molar-refractivity contribution >= 4 is 11.9 Å². The van der Waals surface area contributed by atoms with Gasteiger partial charge in [-0.05, 0) is 32.1 Å². The zero-order valence-corrected chi connectivity index (χ0v) is 10.1. The van der Waals surface area contributed by atoms with Gasteiger partial charge in [-0.1, -0.05) is 24.3 Å². The first-order valence-corrected chi connectivity index (χ1v) is 5.93. The van der Waals surface area contributed by atoms with Crippen molar-refractivity contribution in [2.24, 2.45) is 5.92 Å². The molecule has 0 aliphatic heterocycles. The molecular formula is C13H19NO3. The predicted molar refractivity (Wildman–Crippen MR) is 65.5 cm³/mol. The first kappa shape index (κ1) is 13.5. The Morgan fingerprint density at radius 2 is 2.35 bits per heavy atom. The van der Waals surface area contributed by atoms with Gasteiger partial charge in [-0.15, -0.1) is 0 Å². The Morgan fingerprint density at radius 1 is 1.59 bits per heavy atom. The van der Waals surface area contributed by atoms with E-state index in [0.717, 1.165) is 12.8 Å². The molecule has 2 unspecified atom stereocenters. The van der Waals surface area contributed by atoms with Gasteiger partial charge in [-0.2, -0.15) is 0 Å². The Morgan fingerprint density at radius 3 is 2.88 bits per heavy atom. The fourth-order valence-corrected chi connectivity index (χ4v) is 1.85. The standard InChI is InChI=1S/C13H19NO3/c1-2-3-8-11(13(16)17)14-12(15)9-10-6-4-5-7-10/h2-4,6,10-11H,5,7-9H2,1H3,(H,14,15)(H,16,17)/b3-2+. The first-order valence-electron chi connectivity index (χ1n) is 5.93. The fraction of sp³-hybridized carbons (Fsp3) is 0.538. The van der Waals surface area contributed by atoms with Gasteiger partial charge in [0, 0.05) is 6.42 Å². The summed E-state index contributed by atoms with van der Waals surface area (Å²) in [6.45, 7) is 1.82. The summed E-state index contributed by atoms with van der Waals surface area (Å²) in [6.07, 6.45) is 10.3. The number of carboxylic acid groups (broad SMARTS) is 1. The lowest BCUT2D eigenvalue weighted by atomic mass is 10.0. The molecule has 0 aromatic carbocycles. The fourth-order valence-electron chi connectivity index (χ4n) is 1.85. The topological polar surface area (TPSA) is 66.4 Å². The van der Waals surface area contributed by atoms with Crippen LogP contribution in [0.1, 0.15) is 32.6 Å². The van der Waals surface area contributed by atoms with Crippen LogP contribution in [0.4, 0.5) is 0 Å². The molecule has 1 aliphatic rings. The zero-order valence-electron chi connectivity index (χ0n) is 10.1. The Balaban J connectivity index is 2.40. The van der Waals surface area contributed by atoms with E-state index in [1.54, 1.807) is 12.2 Å². The van der Waals surface area contributed by atoms with Crippen LogP contribution in [0, 0.1) is 5.92 Å². The second-order valence-corrected chi connectivity index (χ2v) is 4.23. The summed E-state index contributed by atoms with van der Waals surface area (Å²) in [5.74, 6) is -0.900. The van der Waals surface area contributed by atoms with Gasteiger partial charge in [0.25, 0.3) is 0 Å². The van der Waals surface area contributed by atoms with Crippen molar-refractivity contribution < 1.29 is 14.7 Å². The minimum Gasteiger partial charge on any atom is -0.480 e. The average Bonchev–Trinajstić information content (AvgIpc) is 2.76. The summed E-state index contributed by atoms with van der Waals surface area (Å²) < 4.78 is 0. The van der Waals surface area contributed by atoms with Crippen LogP contribution in [0.2, 0.25) is 0 Å². The SMILES string of the molecule is C/C=C/CC(NC(=O)CC1C=CCC1)C(=O)O. The Labute approximate surface area is 101 Å². The van der Waals surface area contributed by atoms with E-state index >= 15 is 0 Å². The number of amides is 1. The number of allylic oxidation sites excluding steroid dienone is 3. The van der Waals surface area contributed by atoms with E-state index in [0.29, 0.717) is 12.8 Å². The lowest BCUT2D eigenvalue weighted by molar-refractivity contribution is -0.141. The molecule has 1 amide bonds. The summed E-state index contributed by atoms with van der Waals surface area (Å²) in [7, 11) is 0. The maximum Gasteiger partial charge on any atom is 0.326 e. The Hall–Kier alpha value is -1.58. The van der Waals surface area contributed by atoms with Gasteiger partial charge in [0.2, 0.25) is 5.91 Å². The maximum atomic E-state index is 11.6. The normalized spacial score (nSPS) is 20.6. The van der Waals surface area contributed by atoms with E-state index in [-0.39, 0.29) is 11.8 Å². The van der Waals surface area contributed by atoms with Gasteiger partial charge < -0.3 is 10.4 Å². The van der Waals surface area contributed by atoms with Crippen molar-refractivity contribution in [1.29, 1.82) is 0 Å². The molecular weight excluding hydrogens is 218 g/mol. The van der Waals surface area contributed by atoms with Gasteiger partial charge in [0.15, 0.2) is 0 Å². The number of carboxylic acids is 1. The highest BCUT2D eigenvalue weighted by Gasteiger charge is 2.20. The number of aliphatic carboxylic acids is 1. The van der Waals surface area contributed by atoms with Crippen LogP contribution in [0.15, 0.2) is 24.3 Å². The average molecular weight is 237 g/mol. The molecule has 0 heterocycles. The van der Waals surface area contributed by atoms with E-state index in [9.17, 15) is 9.59 Å². The van der Waals surface area contributed by atoms with Crippen molar-refractivity contribution in [3.63, 3.8) is 0 Å². The van der Waals surface area contributed by atoms with Crippen molar-refractivity contribution in [3.05, 3.63) is 24.3 Å². The molecule has 0 saturated carbocycles. The third kappa shape index (κ3) is 4.85. The van der Waals surface area contributed by atoms with Gasteiger partial charge in [-0.3, -0.25) is 4.79 Å². The number of nitrogens with one attached hydrogen (secondary N) is 1. The number of rotatable bonds is 6. The van der Waals surface area contributed by atoms with Crippen LogP contribution >= 0.6 is 0 Å². The second-order valence-electron chi connectivity index (χ2n) is 4.23. The van der Waals surface area contributed by atoms with E-state index in [2.05, 4.69) is 11.4 Å². The molecule has 94 valence electrons.